The molecule has 5 rings (SSSR count). The molecule has 0 aromatic heterocycles. The van der Waals surface area contributed by atoms with Crippen LogP contribution in [0.25, 0.3) is 0 Å². The zero-order chi connectivity index (χ0) is 25.8. The molecule has 0 saturated heterocycles. The summed E-state index contributed by atoms with van der Waals surface area (Å²) in [4.78, 5) is 11.9. The van der Waals surface area contributed by atoms with Crippen molar-refractivity contribution >= 4 is 5.97 Å². The van der Waals surface area contributed by atoms with Gasteiger partial charge in [-0.3, -0.25) is 4.79 Å². The molecule has 5 aliphatic carbocycles. The van der Waals surface area contributed by atoms with E-state index in [1.807, 2.05) is 0 Å². The number of esters is 1. The van der Waals surface area contributed by atoms with Gasteiger partial charge in [0.15, 0.2) is 0 Å². The van der Waals surface area contributed by atoms with Crippen LogP contribution in [0.5, 0.6) is 0 Å². The third-order valence-electron chi connectivity index (χ3n) is 13.6. The molecule has 3 nitrogen and oxygen atoms in total. The lowest BCUT2D eigenvalue weighted by Crippen LogP contribution is -2.67. The molecular weight excluding hydrogens is 432 g/mol. The molecule has 0 unspecified atom stereocenters. The van der Waals surface area contributed by atoms with Crippen molar-refractivity contribution in [3.05, 3.63) is 11.6 Å². The highest BCUT2D eigenvalue weighted by atomic mass is 16.5. The number of allylic oxidation sites excluding steroid dienone is 1. The lowest BCUT2D eigenvalue weighted by molar-refractivity contribution is -0.230. The van der Waals surface area contributed by atoms with Crippen LogP contribution in [-0.4, -0.2) is 23.3 Å². The average Bonchev–Trinajstić information content (AvgIpc) is 2.74. The van der Waals surface area contributed by atoms with Gasteiger partial charge in [-0.15, -0.1) is 0 Å². The largest absolute Gasteiger partial charge is 0.462 e. The quantitative estimate of drug-likeness (QED) is 0.308. The Bertz CT molecular complexity index is 920. The lowest BCUT2D eigenvalue weighted by Gasteiger charge is -2.72. The van der Waals surface area contributed by atoms with Crippen LogP contribution in [-0.2, 0) is 9.53 Å². The van der Waals surface area contributed by atoms with E-state index in [1.54, 1.807) is 12.5 Å². The fraction of sp³-hybridized carbons (Fsp3) is 0.906. The first kappa shape index (κ1) is 25.8. The second-order valence-electron chi connectivity index (χ2n) is 15.4. The van der Waals surface area contributed by atoms with E-state index in [1.165, 1.54) is 25.7 Å². The summed E-state index contributed by atoms with van der Waals surface area (Å²) in [5.41, 5.74) is 2.20. The Labute approximate surface area is 214 Å². The maximum atomic E-state index is 12.1. The molecular formula is C32H52O3. The Morgan fingerprint density at radius 1 is 0.943 bits per heavy atom. The molecule has 5 aliphatic rings. The van der Waals surface area contributed by atoms with E-state index in [9.17, 15) is 9.90 Å². The molecule has 0 heterocycles. The summed E-state index contributed by atoms with van der Waals surface area (Å²) in [5.74, 6) is 2.56. The normalized spacial score (nSPS) is 54.9. The maximum Gasteiger partial charge on any atom is 0.302 e. The van der Waals surface area contributed by atoms with Crippen LogP contribution in [0.4, 0.5) is 0 Å². The summed E-state index contributed by atoms with van der Waals surface area (Å²) in [7, 11) is 0. The van der Waals surface area contributed by atoms with Gasteiger partial charge in [0.1, 0.15) is 6.10 Å². The molecule has 4 saturated carbocycles. The first-order valence-electron chi connectivity index (χ1n) is 14.7. The van der Waals surface area contributed by atoms with Gasteiger partial charge in [0, 0.05) is 18.3 Å². The monoisotopic (exact) mass is 484 g/mol. The minimum absolute atomic E-state index is 0.0233. The fourth-order valence-electron chi connectivity index (χ4n) is 11.3. The van der Waals surface area contributed by atoms with Crippen LogP contribution in [0.3, 0.4) is 0 Å². The molecule has 35 heavy (non-hydrogen) atoms. The lowest BCUT2D eigenvalue weighted by atomic mass is 9.33. The first-order valence-corrected chi connectivity index (χ1v) is 14.7. The summed E-state index contributed by atoms with van der Waals surface area (Å²) >= 11 is 0. The van der Waals surface area contributed by atoms with E-state index in [-0.39, 0.29) is 45.8 Å². The van der Waals surface area contributed by atoms with Gasteiger partial charge < -0.3 is 9.84 Å². The van der Waals surface area contributed by atoms with E-state index in [2.05, 4.69) is 61.5 Å². The second kappa shape index (κ2) is 7.84. The molecule has 11 atom stereocenters. The summed E-state index contributed by atoms with van der Waals surface area (Å²) in [5, 5.41) is 12.1. The minimum atomic E-state index is -0.385. The highest BCUT2D eigenvalue weighted by Crippen LogP contribution is 2.75. The SMILES string of the molecule is CC(=O)O[C@@H]1CC[C@]2(C)[C@H]3[C@H](O)C=C4[C@@H]5[C@@H](C)[C@H](C)CC[C@]5(C)CC[C@@]4(C)[C@]3(C)CC[C@H]2C1(C)C. The highest BCUT2D eigenvalue weighted by molar-refractivity contribution is 5.66. The first-order chi connectivity index (χ1) is 16.1. The number of rotatable bonds is 1. The van der Waals surface area contributed by atoms with Crippen molar-refractivity contribution in [1.29, 1.82) is 0 Å². The van der Waals surface area contributed by atoms with Crippen molar-refractivity contribution < 1.29 is 14.6 Å². The average molecular weight is 485 g/mol. The fourth-order valence-corrected chi connectivity index (χ4v) is 11.3. The molecule has 0 bridgehead atoms. The van der Waals surface area contributed by atoms with Crippen LogP contribution in [0, 0.1) is 56.7 Å². The molecule has 4 fully saturated rings. The van der Waals surface area contributed by atoms with Gasteiger partial charge >= 0.3 is 5.97 Å². The topological polar surface area (TPSA) is 46.5 Å². The Kier molecular flexibility index (Phi) is 5.78. The number of aliphatic hydroxyl groups excluding tert-OH is 1. The van der Waals surface area contributed by atoms with E-state index in [0.29, 0.717) is 23.2 Å². The third-order valence-corrected chi connectivity index (χ3v) is 13.6. The van der Waals surface area contributed by atoms with Crippen molar-refractivity contribution in [2.24, 2.45) is 56.7 Å². The summed E-state index contributed by atoms with van der Waals surface area (Å²) < 4.78 is 5.87. The zero-order valence-corrected chi connectivity index (χ0v) is 24.0. The van der Waals surface area contributed by atoms with Crippen molar-refractivity contribution in [3.63, 3.8) is 0 Å². The summed E-state index contributed by atoms with van der Waals surface area (Å²) in [6.45, 7) is 21.3. The van der Waals surface area contributed by atoms with Crippen molar-refractivity contribution in [2.45, 2.75) is 126 Å². The molecule has 0 aliphatic heterocycles. The zero-order valence-electron chi connectivity index (χ0n) is 24.0. The Hall–Kier alpha value is -0.830. The highest BCUT2D eigenvalue weighted by Gasteiger charge is 2.70. The molecule has 1 N–H and O–H groups in total. The van der Waals surface area contributed by atoms with Crippen LogP contribution in [0.15, 0.2) is 11.6 Å². The van der Waals surface area contributed by atoms with Crippen LogP contribution in [0.2, 0.25) is 0 Å². The predicted octanol–water partition coefficient (Wildman–Crippen LogP) is 7.57. The van der Waals surface area contributed by atoms with Crippen LogP contribution >= 0.6 is 0 Å². The van der Waals surface area contributed by atoms with E-state index < -0.39 is 0 Å². The van der Waals surface area contributed by atoms with Crippen LogP contribution < -0.4 is 0 Å². The molecule has 0 spiro atoms. The molecule has 198 valence electrons. The Morgan fingerprint density at radius 2 is 1.63 bits per heavy atom. The molecule has 0 radical (unpaired) electrons. The summed E-state index contributed by atoms with van der Waals surface area (Å²) in [6, 6.07) is 0. The molecule has 0 aromatic rings. The Balaban J connectivity index is 1.58. The molecule has 3 heteroatoms. The van der Waals surface area contributed by atoms with Gasteiger partial charge in [0.05, 0.1) is 6.10 Å². The maximum absolute atomic E-state index is 12.1. The number of carbonyl (C=O) groups excluding carboxylic acids is 1. The van der Waals surface area contributed by atoms with E-state index in [0.717, 1.165) is 31.6 Å². The van der Waals surface area contributed by atoms with Crippen molar-refractivity contribution in [1.82, 2.24) is 0 Å². The minimum Gasteiger partial charge on any atom is -0.462 e. The standard InChI is InChI=1S/C32H52O3/c1-19-10-13-29(6)16-17-31(8)22(26(29)20(19)2)18-23(34)27-30(7)14-12-25(35-21(3)33)28(4,5)24(30)11-15-32(27,31)9/h18-20,23-27,34H,10-17H2,1-9H3/t19-,20+,23-,24+,25-,26+,27-,29-,30+,31-,32-/m1/s1. The molecule has 0 amide bonds. The summed E-state index contributed by atoms with van der Waals surface area (Å²) in [6.07, 6.45) is 11.5. The van der Waals surface area contributed by atoms with Gasteiger partial charge in [-0.05, 0) is 96.7 Å². The number of ether oxygens (including phenoxy) is 1. The number of hydrogen-bond donors (Lipinski definition) is 1. The van der Waals surface area contributed by atoms with Gasteiger partial charge in [0.2, 0.25) is 0 Å². The third kappa shape index (κ3) is 3.28. The number of carbonyl (C=O) groups is 1. The van der Waals surface area contributed by atoms with Crippen LogP contribution in [0.1, 0.15) is 114 Å². The van der Waals surface area contributed by atoms with Gasteiger partial charge in [0.25, 0.3) is 0 Å². The van der Waals surface area contributed by atoms with Crippen molar-refractivity contribution in [3.8, 4) is 0 Å². The number of aliphatic hydroxyl groups is 1. The Morgan fingerprint density at radius 3 is 2.29 bits per heavy atom. The van der Waals surface area contributed by atoms with E-state index >= 15 is 0 Å². The van der Waals surface area contributed by atoms with Gasteiger partial charge in [-0.2, -0.15) is 0 Å². The predicted molar refractivity (Wildman–Crippen MR) is 142 cm³/mol. The van der Waals surface area contributed by atoms with Gasteiger partial charge in [-0.25, -0.2) is 0 Å². The second-order valence-corrected chi connectivity index (χ2v) is 15.4. The van der Waals surface area contributed by atoms with Gasteiger partial charge in [-0.1, -0.05) is 67.0 Å². The number of fused-ring (bicyclic) bond motifs is 7. The van der Waals surface area contributed by atoms with E-state index in [4.69, 9.17) is 4.74 Å². The number of hydrogen-bond acceptors (Lipinski definition) is 3. The smallest absolute Gasteiger partial charge is 0.302 e. The molecule has 0 aromatic carbocycles. The van der Waals surface area contributed by atoms with Crippen molar-refractivity contribution in [2.75, 3.05) is 0 Å².